The normalized spacial score (nSPS) is 21.6. The minimum absolute atomic E-state index is 0.159. The highest BCUT2D eigenvalue weighted by atomic mass is 35.5. The monoisotopic (exact) mass is 635 g/mol. The van der Waals surface area contributed by atoms with Gasteiger partial charge in [-0.2, -0.15) is 5.26 Å². The standard InChI is InChI=1S/C32H32Cl2FN7O2/c1-18-22(10-7-11-24(18)34)27-29(44-30(43)37-21-9-6-8-19(14-21)28-39-40-41-42(28)5)38-26(16-31(2,3)4)32(27,17-36)23-13-12-20(33)15-25(23)35/h6-15,26-27,29,38H,16H2,1-5H3,(H,37,43)/t26-,27-,29+,32-/m0/s1. The minimum Gasteiger partial charge on any atom is -0.429 e. The average Bonchev–Trinajstić information content (AvgIpc) is 3.50. The molecule has 3 aromatic carbocycles. The predicted octanol–water partition coefficient (Wildman–Crippen LogP) is 7.16. The molecule has 0 saturated carbocycles. The molecule has 2 heterocycles. The van der Waals surface area contributed by atoms with Crippen LogP contribution in [0.4, 0.5) is 14.9 Å². The number of benzene rings is 3. The van der Waals surface area contributed by atoms with Gasteiger partial charge in [-0.1, -0.05) is 74.3 Å². The van der Waals surface area contributed by atoms with Crippen molar-refractivity contribution >= 4 is 35.0 Å². The summed E-state index contributed by atoms with van der Waals surface area (Å²) in [5, 5.41) is 29.5. The molecule has 4 atom stereocenters. The predicted molar refractivity (Wildman–Crippen MR) is 167 cm³/mol. The van der Waals surface area contributed by atoms with Crippen molar-refractivity contribution in [3.05, 3.63) is 93.2 Å². The van der Waals surface area contributed by atoms with Crippen LogP contribution in [0.1, 0.15) is 49.8 Å². The van der Waals surface area contributed by atoms with Crippen LogP contribution in [-0.4, -0.2) is 38.6 Å². The molecule has 0 spiro atoms. The Labute approximate surface area is 265 Å². The second kappa shape index (κ2) is 12.2. The summed E-state index contributed by atoms with van der Waals surface area (Å²) in [6.07, 6.45) is -1.32. The lowest BCUT2D eigenvalue weighted by molar-refractivity contribution is 0.0858. The zero-order valence-corrected chi connectivity index (χ0v) is 26.4. The van der Waals surface area contributed by atoms with Crippen LogP contribution in [-0.2, 0) is 17.2 Å². The van der Waals surface area contributed by atoms with Gasteiger partial charge in [-0.15, -0.1) is 5.10 Å². The van der Waals surface area contributed by atoms with E-state index in [1.165, 1.54) is 10.7 Å². The number of amides is 1. The van der Waals surface area contributed by atoms with Crippen LogP contribution >= 0.6 is 23.2 Å². The van der Waals surface area contributed by atoms with Gasteiger partial charge in [0, 0.05) is 39.9 Å². The molecular weight excluding hydrogens is 604 g/mol. The second-order valence-electron chi connectivity index (χ2n) is 12.2. The highest BCUT2D eigenvalue weighted by molar-refractivity contribution is 6.31. The van der Waals surface area contributed by atoms with Gasteiger partial charge in [-0.25, -0.2) is 13.9 Å². The van der Waals surface area contributed by atoms with E-state index in [-0.39, 0.29) is 16.0 Å². The molecule has 1 aromatic heterocycles. The molecule has 1 aliphatic heterocycles. The number of aromatic nitrogens is 4. The van der Waals surface area contributed by atoms with E-state index < -0.39 is 35.5 Å². The molecule has 0 aliphatic carbocycles. The maximum absolute atomic E-state index is 15.8. The smallest absolute Gasteiger partial charge is 0.413 e. The van der Waals surface area contributed by atoms with Gasteiger partial charge in [0.1, 0.15) is 11.2 Å². The molecule has 1 amide bonds. The molecule has 1 fully saturated rings. The summed E-state index contributed by atoms with van der Waals surface area (Å²) in [6.45, 7) is 7.94. The summed E-state index contributed by atoms with van der Waals surface area (Å²) in [6, 6.07) is 18.5. The van der Waals surface area contributed by atoms with Crippen molar-refractivity contribution in [2.45, 2.75) is 57.7 Å². The average molecular weight is 637 g/mol. The summed E-state index contributed by atoms with van der Waals surface area (Å²) in [5.74, 6) is -0.939. The van der Waals surface area contributed by atoms with Crippen LogP contribution in [0.15, 0.2) is 60.7 Å². The first-order chi connectivity index (χ1) is 20.8. The number of nitrogens with one attached hydrogen (secondary N) is 2. The van der Waals surface area contributed by atoms with E-state index in [9.17, 15) is 10.1 Å². The van der Waals surface area contributed by atoms with Crippen molar-refractivity contribution in [1.82, 2.24) is 25.5 Å². The van der Waals surface area contributed by atoms with Crippen molar-refractivity contribution in [3.63, 3.8) is 0 Å². The minimum atomic E-state index is -1.50. The number of carbonyl (C=O) groups excluding carboxylic acids is 1. The largest absolute Gasteiger partial charge is 0.429 e. The Hall–Kier alpha value is -4.04. The lowest BCUT2D eigenvalue weighted by Crippen LogP contribution is -2.44. The zero-order chi connectivity index (χ0) is 31.8. The quantitative estimate of drug-likeness (QED) is 0.231. The molecule has 1 aliphatic rings. The third-order valence-electron chi connectivity index (χ3n) is 7.95. The number of anilines is 1. The molecule has 0 bridgehead atoms. The van der Waals surface area contributed by atoms with Gasteiger partial charge in [0.25, 0.3) is 0 Å². The number of rotatable bonds is 6. The number of nitrogens with zero attached hydrogens (tertiary/aromatic N) is 5. The van der Waals surface area contributed by atoms with Crippen molar-refractivity contribution < 1.29 is 13.9 Å². The van der Waals surface area contributed by atoms with Gasteiger partial charge in [0.2, 0.25) is 0 Å². The Balaban J connectivity index is 1.58. The fourth-order valence-corrected chi connectivity index (χ4v) is 6.39. The van der Waals surface area contributed by atoms with E-state index in [0.29, 0.717) is 39.6 Å². The number of halogens is 3. The fourth-order valence-electron chi connectivity index (χ4n) is 6.05. The molecule has 9 nitrogen and oxygen atoms in total. The molecule has 12 heteroatoms. The summed E-state index contributed by atoms with van der Waals surface area (Å²) < 4.78 is 23.4. The number of nitriles is 1. The lowest BCUT2D eigenvalue weighted by Gasteiger charge is -2.37. The topological polar surface area (TPSA) is 118 Å². The number of hydrogen-bond acceptors (Lipinski definition) is 7. The van der Waals surface area contributed by atoms with Crippen LogP contribution in [0.25, 0.3) is 11.4 Å². The summed E-state index contributed by atoms with van der Waals surface area (Å²) in [5.41, 5.74) is 0.882. The van der Waals surface area contributed by atoms with E-state index in [0.717, 1.165) is 0 Å². The van der Waals surface area contributed by atoms with Crippen LogP contribution in [0.3, 0.4) is 0 Å². The van der Waals surface area contributed by atoms with Crippen LogP contribution in [0, 0.1) is 29.5 Å². The highest BCUT2D eigenvalue weighted by Gasteiger charge is 2.60. The van der Waals surface area contributed by atoms with Gasteiger partial charge < -0.3 is 4.74 Å². The van der Waals surface area contributed by atoms with Gasteiger partial charge >= 0.3 is 6.09 Å². The Bertz CT molecular complexity index is 1750. The zero-order valence-electron chi connectivity index (χ0n) is 24.9. The molecule has 44 heavy (non-hydrogen) atoms. The van der Waals surface area contributed by atoms with E-state index in [4.69, 9.17) is 27.9 Å². The maximum atomic E-state index is 15.8. The number of ether oxygens (including phenoxy) is 1. The number of carbonyl (C=O) groups is 1. The molecule has 1 saturated heterocycles. The van der Waals surface area contributed by atoms with E-state index in [2.05, 4.69) is 32.2 Å². The molecule has 228 valence electrons. The van der Waals surface area contributed by atoms with E-state index in [1.807, 2.05) is 39.8 Å². The SMILES string of the molecule is Cc1c(Cl)cccc1[C@H]1[C@@H](OC(=O)Nc2cccc(-c3nnnn3C)c2)N[C@@H](CC(C)(C)C)[C@]1(C#N)c1ccc(Cl)cc1F. The molecule has 0 radical (unpaired) electrons. The molecule has 5 rings (SSSR count). The van der Waals surface area contributed by atoms with Gasteiger partial charge in [0.15, 0.2) is 12.1 Å². The van der Waals surface area contributed by atoms with Gasteiger partial charge in [0.05, 0.1) is 12.0 Å². The summed E-state index contributed by atoms with van der Waals surface area (Å²) in [4.78, 5) is 13.5. The van der Waals surface area contributed by atoms with Crippen molar-refractivity contribution in [2.24, 2.45) is 12.5 Å². The summed E-state index contributed by atoms with van der Waals surface area (Å²) >= 11 is 12.7. The number of tetrazole rings is 1. The maximum Gasteiger partial charge on any atom is 0.413 e. The van der Waals surface area contributed by atoms with Crippen molar-refractivity contribution in [3.8, 4) is 17.5 Å². The van der Waals surface area contributed by atoms with Crippen LogP contribution in [0.2, 0.25) is 10.0 Å². The van der Waals surface area contributed by atoms with E-state index in [1.54, 1.807) is 49.5 Å². The Morgan fingerprint density at radius 2 is 1.93 bits per heavy atom. The lowest BCUT2D eigenvalue weighted by atomic mass is 9.63. The molecule has 4 aromatic rings. The third-order valence-corrected chi connectivity index (χ3v) is 8.60. The molecule has 2 N–H and O–H groups in total. The van der Waals surface area contributed by atoms with Crippen LogP contribution in [0.5, 0.6) is 0 Å². The second-order valence-corrected chi connectivity index (χ2v) is 13.0. The summed E-state index contributed by atoms with van der Waals surface area (Å²) in [7, 11) is 1.71. The molecule has 0 unspecified atom stereocenters. The molecular formula is C32H32Cl2FN7O2. The first-order valence-corrected chi connectivity index (χ1v) is 14.8. The van der Waals surface area contributed by atoms with E-state index >= 15 is 4.39 Å². The van der Waals surface area contributed by atoms with Gasteiger partial charge in [-0.3, -0.25) is 10.6 Å². The highest BCUT2D eigenvalue weighted by Crippen LogP contribution is 2.53. The Morgan fingerprint density at radius 3 is 2.59 bits per heavy atom. The fraction of sp³-hybridized carbons (Fsp3) is 0.344. The Morgan fingerprint density at radius 1 is 1.18 bits per heavy atom. The van der Waals surface area contributed by atoms with Crippen molar-refractivity contribution in [2.75, 3.05) is 5.32 Å². The van der Waals surface area contributed by atoms with Gasteiger partial charge in [-0.05, 0) is 70.6 Å². The Kier molecular flexibility index (Phi) is 8.67. The first-order valence-electron chi connectivity index (χ1n) is 14.0. The van der Waals surface area contributed by atoms with Crippen molar-refractivity contribution in [1.29, 1.82) is 5.26 Å². The number of aryl methyl sites for hydroxylation is 1. The third kappa shape index (κ3) is 6.00. The number of hydrogen-bond donors (Lipinski definition) is 2. The first kappa shape index (κ1) is 31.4. The van der Waals surface area contributed by atoms with Crippen LogP contribution < -0.4 is 10.6 Å².